The van der Waals surface area contributed by atoms with Crippen molar-refractivity contribution in [3.63, 3.8) is 0 Å². The lowest BCUT2D eigenvalue weighted by molar-refractivity contribution is 0.175. The van der Waals surface area contributed by atoms with Crippen LogP contribution in [0, 0.1) is 0 Å². The zero-order valence-electron chi connectivity index (χ0n) is 9.78. The summed E-state index contributed by atoms with van der Waals surface area (Å²) in [5, 5.41) is 11.1. The Morgan fingerprint density at radius 3 is 3.21 bits per heavy atom. The van der Waals surface area contributed by atoms with Crippen molar-refractivity contribution in [2.75, 3.05) is 38.7 Å². The number of β-amino-alcohol motifs (C(OH)–C–C–N with tert-alkyl or cyclic N) is 1. The highest BCUT2D eigenvalue weighted by atomic mass is 35.5. The molecule has 0 aliphatic carbocycles. The Hall–Kier alpha value is 0.360. The predicted molar refractivity (Wildman–Crippen MR) is 55.6 cm³/mol. The number of aliphatic hydroxyl groups is 1. The van der Waals surface area contributed by atoms with Crippen molar-refractivity contribution in [3.8, 4) is 0 Å². The number of rotatable bonds is 5. The molecule has 84 valence electrons. The molecule has 0 radical (unpaired) electrons. The molecule has 0 aromatic rings. The van der Waals surface area contributed by atoms with Gasteiger partial charge in [0.05, 0.1) is 13.2 Å². The summed E-state index contributed by atoms with van der Waals surface area (Å²) in [6, 6.07) is 0. The highest BCUT2D eigenvalue weighted by molar-refractivity contribution is 7.54. The Balaban J connectivity index is 2.74. The summed E-state index contributed by atoms with van der Waals surface area (Å²) < 4.78 is 33.8. The van der Waals surface area contributed by atoms with E-state index in [0.717, 1.165) is 0 Å². The van der Waals surface area contributed by atoms with Gasteiger partial charge in [0, 0.05) is 28.2 Å². The number of nitrogens with zero attached hydrogens (tertiary/aromatic N) is 1. The van der Waals surface area contributed by atoms with Gasteiger partial charge in [-0.2, -0.15) is 0 Å². The molecular weight excluding hydrogens is 227 g/mol. The topological polar surface area (TPSA) is 61.8 Å². The average molecular weight is 245 g/mol. The number of hydrogen-bond acceptors (Lipinski definition) is 3. The first-order valence-corrected chi connectivity index (χ1v) is 6.51. The fraction of sp³-hybridized carbons (Fsp3) is 1.00. The summed E-state index contributed by atoms with van der Waals surface area (Å²) in [4.78, 5) is 0. The molecule has 7 heteroatoms. The first-order valence-electron chi connectivity index (χ1n) is 5.40. The van der Waals surface area contributed by atoms with Crippen LogP contribution in [-0.4, -0.2) is 48.5 Å². The van der Waals surface area contributed by atoms with Crippen LogP contribution < -0.4 is 5.09 Å². The maximum absolute atomic E-state index is 12.3. The van der Waals surface area contributed by atoms with E-state index in [1.54, 1.807) is 0 Å². The zero-order chi connectivity index (χ0) is 12.2. The van der Waals surface area contributed by atoms with Crippen molar-refractivity contribution in [2.45, 2.75) is 6.42 Å². The highest BCUT2D eigenvalue weighted by Crippen LogP contribution is 2.48. The van der Waals surface area contributed by atoms with Crippen LogP contribution in [-0.2, 0) is 9.09 Å². The van der Waals surface area contributed by atoms with Gasteiger partial charge in [0.1, 0.15) is 0 Å². The van der Waals surface area contributed by atoms with E-state index >= 15 is 0 Å². The molecule has 1 saturated heterocycles. The molecule has 1 rings (SSSR count). The Morgan fingerprint density at radius 2 is 2.57 bits per heavy atom. The fourth-order valence-electron chi connectivity index (χ4n) is 1.24. The minimum absolute atomic E-state index is 0.154. The summed E-state index contributed by atoms with van der Waals surface area (Å²) in [5.41, 5.74) is 0. The van der Waals surface area contributed by atoms with Crippen LogP contribution >= 0.6 is 19.3 Å². The minimum Gasteiger partial charge on any atom is -0.395 e. The Labute approximate surface area is 91.7 Å². The molecule has 0 spiro atoms. The maximum Gasteiger partial charge on any atom is 0.343 e. The smallest absolute Gasteiger partial charge is 0.343 e. The molecule has 1 heterocycles. The largest absolute Gasteiger partial charge is 0.395 e. The number of alkyl halides is 1. The Morgan fingerprint density at radius 1 is 1.79 bits per heavy atom. The number of nitrogens with one attached hydrogen (secondary N) is 1. The molecular formula is C7H16ClN2O3P. The predicted octanol–water partition coefficient (Wildman–Crippen LogP) is 0.637. The maximum atomic E-state index is 12.3. The van der Waals surface area contributed by atoms with Gasteiger partial charge in [-0.25, -0.2) is 9.76 Å². The van der Waals surface area contributed by atoms with Crippen LogP contribution in [0.2, 0.25) is 0 Å². The van der Waals surface area contributed by atoms with Gasteiger partial charge in [-0.05, 0) is 6.42 Å². The minimum atomic E-state index is -3.41. The normalized spacial score (nSPS) is 32.4. The summed E-state index contributed by atoms with van der Waals surface area (Å²) in [7, 11) is -3.41. The van der Waals surface area contributed by atoms with Gasteiger partial charge in [0.2, 0.25) is 0 Å². The van der Waals surface area contributed by atoms with Gasteiger partial charge in [-0.1, -0.05) is 0 Å². The molecule has 1 unspecified atom stereocenters. The molecule has 0 saturated carbocycles. The van der Waals surface area contributed by atoms with Crippen LogP contribution in [0.15, 0.2) is 0 Å². The van der Waals surface area contributed by atoms with E-state index in [9.17, 15) is 4.57 Å². The van der Waals surface area contributed by atoms with Crippen LogP contribution in [0.3, 0.4) is 0 Å². The first-order chi connectivity index (χ1) is 7.43. The van der Waals surface area contributed by atoms with E-state index in [1.807, 2.05) is 0 Å². The van der Waals surface area contributed by atoms with Crippen molar-refractivity contribution in [2.24, 2.45) is 0 Å². The molecule has 0 aromatic heterocycles. The third-order valence-corrected chi connectivity index (χ3v) is 4.10. The highest BCUT2D eigenvalue weighted by Gasteiger charge is 2.33. The van der Waals surface area contributed by atoms with E-state index < -0.39 is 14.2 Å². The van der Waals surface area contributed by atoms with E-state index in [4.69, 9.17) is 24.0 Å². The second kappa shape index (κ2) is 6.05. The molecule has 0 amide bonds. The molecule has 1 atom stereocenters. The van der Waals surface area contributed by atoms with Gasteiger partial charge < -0.3 is 9.63 Å². The number of aliphatic hydroxyl groups excluding tert-OH is 1. The zero-order valence-corrected chi connectivity index (χ0v) is 9.43. The fourth-order valence-corrected chi connectivity index (χ4v) is 3.18. The summed E-state index contributed by atoms with van der Waals surface area (Å²) in [6.45, 7) is -1.11. The molecule has 1 aliphatic heterocycles. The van der Waals surface area contributed by atoms with Gasteiger partial charge >= 0.3 is 7.67 Å². The molecule has 0 bridgehead atoms. The van der Waals surface area contributed by atoms with Gasteiger partial charge in [0.25, 0.3) is 0 Å². The summed E-state index contributed by atoms with van der Waals surface area (Å²) >= 11 is 5.42. The van der Waals surface area contributed by atoms with Gasteiger partial charge in [0.15, 0.2) is 0 Å². The van der Waals surface area contributed by atoms with E-state index in [2.05, 4.69) is 5.09 Å². The summed E-state index contributed by atoms with van der Waals surface area (Å²) in [6.07, 6.45) is 0.704. The number of halogens is 1. The number of hydrogen-bond donors (Lipinski definition) is 2. The van der Waals surface area contributed by atoms with Crippen molar-refractivity contribution in [1.82, 2.24) is 9.76 Å². The lowest BCUT2D eigenvalue weighted by Crippen LogP contribution is -2.36. The second-order valence-corrected chi connectivity index (χ2v) is 5.16. The third-order valence-electron chi connectivity index (χ3n) is 1.84. The van der Waals surface area contributed by atoms with Crippen LogP contribution in [0.25, 0.3) is 0 Å². The third kappa shape index (κ3) is 3.19. The quantitative estimate of drug-likeness (QED) is 0.549. The standard InChI is InChI=1S/C7H16ClN2O3P/c8-2-3-9-14(12)10(5-6-11)4-1-7-13-14/h11H,1-7H2,(H,9,12)/i3D2. The monoisotopic (exact) mass is 244 g/mol. The van der Waals surface area contributed by atoms with Crippen molar-refractivity contribution in [1.29, 1.82) is 0 Å². The lowest BCUT2D eigenvalue weighted by atomic mass is 10.4. The molecule has 2 N–H and O–H groups in total. The second-order valence-electron chi connectivity index (χ2n) is 2.81. The molecule has 14 heavy (non-hydrogen) atoms. The molecule has 1 aliphatic rings. The molecule has 0 aromatic carbocycles. The molecule has 1 fully saturated rings. The van der Waals surface area contributed by atoms with E-state index in [0.29, 0.717) is 19.6 Å². The van der Waals surface area contributed by atoms with Crippen LogP contribution in [0.4, 0.5) is 0 Å². The lowest BCUT2D eigenvalue weighted by Gasteiger charge is -2.34. The van der Waals surface area contributed by atoms with Crippen LogP contribution in [0.5, 0.6) is 0 Å². The average Bonchev–Trinajstić information content (AvgIpc) is 2.21. The van der Waals surface area contributed by atoms with Crippen LogP contribution in [0.1, 0.15) is 9.16 Å². The summed E-state index contributed by atoms with van der Waals surface area (Å²) in [5.74, 6) is -0.326. The van der Waals surface area contributed by atoms with Crippen molar-refractivity contribution < 1.29 is 16.9 Å². The van der Waals surface area contributed by atoms with Crippen molar-refractivity contribution >= 4 is 19.3 Å². The van der Waals surface area contributed by atoms with Gasteiger partial charge in [-0.15, -0.1) is 11.6 Å². The van der Waals surface area contributed by atoms with E-state index in [1.165, 1.54) is 4.67 Å². The Bertz CT molecular complexity index is 280. The first kappa shape index (κ1) is 9.58. The SMILES string of the molecule is [2H]C([2H])(CCl)NP1(=O)OCCCN1CCO. The van der Waals surface area contributed by atoms with E-state index in [-0.39, 0.29) is 19.0 Å². The Kier molecular flexibility index (Phi) is 4.14. The van der Waals surface area contributed by atoms with Crippen molar-refractivity contribution in [3.05, 3.63) is 0 Å². The van der Waals surface area contributed by atoms with Gasteiger partial charge in [-0.3, -0.25) is 4.57 Å². The molecule has 5 nitrogen and oxygen atoms in total.